The molecule has 0 bridgehead atoms. The molecule has 2 heterocycles. The third-order valence-corrected chi connectivity index (χ3v) is 2.82. The van der Waals surface area contributed by atoms with Crippen LogP contribution in [0.15, 0.2) is 53.2 Å². The van der Waals surface area contributed by atoms with Crippen molar-refractivity contribution in [2.45, 2.75) is 6.92 Å². The molecule has 2 N–H and O–H groups in total. The number of hydrogen-bond acceptors (Lipinski definition) is 5. The maximum Gasteiger partial charge on any atom is 0.300 e. The van der Waals surface area contributed by atoms with Gasteiger partial charge in [-0.3, -0.25) is 5.32 Å². The SMILES string of the molecule is Cc1ccc(-c2cnc(Nc3ccc(O)cn3)o2)cc1. The highest BCUT2D eigenvalue weighted by atomic mass is 16.4. The van der Waals surface area contributed by atoms with Crippen LogP contribution in [0.1, 0.15) is 5.56 Å². The van der Waals surface area contributed by atoms with Crippen molar-refractivity contribution in [3.63, 3.8) is 0 Å². The largest absolute Gasteiger partial charge is 0.506 e. The van der Waals surface area contributed by atoms with Gasteiger partial charge >= 0.3 is 6.01 Å². The van der Waals surface area contributed by atoms with E-state index in [9.17, 15) is 0 Å². The van der Waals surface area contributed by atoms with E-state index in [-0.39, 0.29) is 5.75 Å². The Morgan fingerprint density at radius 2 is 1.80 bits per heavy atom. The first kappa shape index (κ1) is 12.2. The summed E-state index contributed by atoms with van der Waals surface area (Å²) in [6.45, 7) is 2.04. The van der Waals surface area contributed by atoms with Crippen LogP contribution in [0.5, 0.6) is 5.75 Å². The van der Waals surface area contributed by atoms with Gasteiger partial charge in [-0.05, 0) is 19.1 Å². The fraction of sp³-hybridized carbons (Fsp3) is 0.0667. The molecule has 0 saturated heterocycles. The first-order valence-corrected chi connectivity index (χ1v) is 6.15. The molecule has 100 valence electrons. The molecular formula is C15H13N3O2. The summed E-state index contributed by atoms with van der Waals surface area (Å²) in [4.78, 5) is 8.16. The molecule has 3 rings (SSSR count). The number of oxazole rings is 1. The van der Waals surface area contributed by atoms with Crippen molar-refractivity contribution in [3.8, 4) is 17.1 Å². The van der Waals surface area contributed by atoms with E-state index in [1.165, 1.54) is 11.8 Å². The van der Waals surface area contributed by atoms with Gasteiger partial charge in [0.2, 0.25) is 0 Å². The summed E-state index contributed by atoms with van der Waals surface area (Å²) >= 11 is 0. The molecule has 3 aromatic rings. The van der Waals surface area contributed by atoms with Crippen LogP contribution < -0.4 is 5.32 Å². The van der Waals surface area contributed by atoms with Gasteiger partial charge in [-0.25, -0.2) is 9.97 Å². The molecule has 0 atom stereocenters. The second-order valence-corrected chi connectivity index (χ2v) is 4.42. The minimum Gasteiger partial charge on any atom is -0.506 e. The number of nitrogens with one attached hydrogen (secondary N) is 1. The second kappa shape index (κ2) is 5.05. The molecule has 0 aliphatic carbocycles. The van der Waals surface area contributed by atoms with Crippen LogP contribution in [-0.4, -0.2) is 15.1 Å². The van der Waals surface area contributed by atoms with Gasteiger partial charge in [-0.1, -0.05) is 29.8 Å². The summed E-state index contributed by atoms with van der Waals surface area (Å²) < 4.78 is 5.62. The average Bonchev–Trinajstić information content (AvgIpc) is 2.91. The normalized spacial score (nSPS) is 10.4. The van der Waals surface area contributed by atoms with Crippen LogP contribution in [-0.2, 0) is 0 Å². The number of hydrogen-bond donors (Lipinski definition) is 2. The Bertz CT molecular complexity index is 703. The number of aromatic hydroxyl groups is 1. The van der Waals surface area contributed by atoms with E-state index in [1.54, 1.807) is 18.3 Å². The third kappa shape index (κ3) is 2.61. The Labute approximate surface area is 115 Å². The molecule has 0 amide bonds. The van der Waals surface area contributed by atoms with E-state index in [0.29, 0.717) is 17.6 Å². The minimum atomic E-state index is 0.114. The Kier molecular flexibility index (Phi) is 3.09. The quantitative estimate of drug-likeness (QED) is 0.760. The van der Waals surface area contributed by atoms with Gasteiger partial charge in [0.25, 0.3) is 0 Å². The topological polar surface area (TPSA) is 71.2 Å². The number of aromatic nitrogens is 2. The first-order chi connectivity index (χ1) is 9.70. The lowest BCUT2D eigenvalue weighted by molar-refractivity contribution is 0.473. The van der Waals surface area contributed by atoms with Gasteiger partial charge in [0.1, 0.15) is 11.6 Å². The monoisotopic (exact) mass is 267 g/mol. The first-order valence-electron chi connectivity index (χ1n) is 6.15. The van der Waals surface area contributed by atoms with Gasteiger partial charge < -0.3 is 9.52 Å². The summed E-state index contributed by atoms with van der Waals surface area (Å²) in [6, 6.07) is 11.6. The molecule has 5 nitrogen and oxygen atoms in total. The maximum absolute atomic E-state index is 9.17. The Balaban J connectivity index is 1.80. The van der Waals surface area contributed by atoms with Gasteiger partial charge in [0.15, 0.2) is 5.76 Å². The number of benzene rings is 1. The molecule has 0 fully saturated rings. The average molecular weight is 267 g/mol. The molecular weight excluding hydrogens is 254 g/mol. The molecule has 20 heavy (non-hydrogen) atoms. The summed E-state index contributed by atoms with van der Waals surface area (Å²) in [5.74, 6) is 1.36. The molecule has 0 aliphatic heterocycles. The molecule has 0 aliphatic rings. The molecule has 0 unspecified atom stereocenters. The van der Waals surface area contributed by atoms with Crippen LogP contribution >= 0.6 is 0 Å². The van der Waals surface area contributed by atoms with Gasteiger partial charge in [0.05, 0.1) is 12.4 Å². The van der Waals surface area contributed by atoms with Gasteiger partial charge in [-0.15, -0.1) is 0 Å². The predicted octanol–water partition coefficient (Wildman–Crippen LogP) is 3.49. The number of aryl methyl sites for hydroxylation is 1. The Morgan fingerprint density at radius 1 is 1.00 bits per heavy atom. The van der Waals surface area contributed by atoms with Crippen LogP contribution in [0.4, 0.5) is 11.8 Å². The highest BCUT2D eigenvalue weighted by molar-refractivity contribution is 5.59. The molecule has 0 spiro atoms. The van der Waals surface area contributed by atoms with E-state index in [0.717, 1.165) is 5.56 Å². The smallest absolute Gasteiger partial charge is 0.300 e. The summed E-state index contributed by atoms with van der Waals surface area (Å²) in [7, 11) is 0. The molecule has 5 heteroatoms. The fourth-order valence-electron chi connectivity index (χ4n) is 1.75. The number of nitrogens with zero attached hydrogens (tertiary/aromatic N) is 2. The standard InChI is InChI=1S/C15H13N3O2/c1-10-2-4-11(5-3-10)13-9-17-15(20-13)18-14-7-6-12(19)8-16-14/h2-9,19H,1H3,(H,16,17,18). The second-order valence-electron chi connectivity index (χ2n) is 4.42. The van der Waals surface area contributed by atoms with E-state index in [1.807, 2.05) is 31.2 Å². The lowest BCUT2D eigenvalue weighted by Gasteiger charge is -2.00. The molecule has 0 radical (unpaired) electrons. The van der Waals surface area contributed by atoms with Gasteiger partial charge in [0, 0.05) is 5.56 Å². The van der Waals surface area contributed by atoms with Crippen LogP contribution in [0.25, 0.3) is 11.3 Å². The zero-order valence-corrected chi connectivity index (χ0v) is 10.9. The molecule has 1 aromatic carbocycles. The predicted molar refractivity (Wildman–Crippen MR) is 75.9 cm³/mol. The zero-order valence-electron chi connectivity index (χ0n) is 10.9. The van der Waals surface area contributed by atoms with Crippen LogP contribution in [0.3, 0.4) is 0 Å². The minimum absolute atomic E-state index is 0.114. The highest BCUT2D eigenvalue weighted by Crippen LogP contribution is 2.24. The van der Waals surface area contributed by atoms with E-state index in [2.05, 4.69) is 15.3 Å². The van der Waals surface area contributed by atoms with Crippen molar-refractivity contribution >= 4 is 11.8 Å². The maximum atomic E-state index is 9.17. The number of anilines is 2. The van der Waals surface area contributed by atoms with E-state index in [4.69, 9.17) is 9.52 Å². The number of pyridine rings is 1. The van der Waals surface area contributed by atoms with E-state index < -0.39 is 0 Å². The number of rotatable bonds is 3. The van der Waals surface area contributed by atoms with Gasteiger partial charge in [-0.2, -0.15) is 0 Å². The van der Waals surface area contributed by atoms with E-state index >= 15 is 0 Å². The summed E-state index contributed by atoms with van der Waals surface area (Å²) in [5.41, 5.74) is 2.16. The lowest BCUT2D eigenvalue weighted by Crippen LogP contribution is -1.92. The fourth-order valence-corrected chi connectivity index (χ4v) is 1.75. The third-order valence-electron chi connectivity index (χ3n) is 2.82. The van der Waals surface area contributed by atoms with Crippen molar-refractivity contribution in [2.24, 2.45) is 0 Å². The van der Waals surface area contributed by atoms with Crippen molar-refractivity contribution in [1.82, 2.24) is 9.97 Å². The summed E-state index contributed by atoms with van der Waals surface area (Å²) in [5, 5.41) is 12.1. The van der Waals surface area contributed by atoms with Crippen LogP contribution in [0.2, 0.25) is 0 Å². The highest BCUT2D eigenvalue weighted by Gasteiger charge is 2.06. The Morgan fingerprint density at radius 3 is 2.50 bits per heavy atom. The molecule has 2 aromatic heterocycles. The van der Waals surface area contributed by atoms with Crippen molar-refractivity contribution in [1.29, 1.82) is 0 Å². The lowest BCUT2D eigenvalue weighted by atomic mass is 10.1. The van der Waals surface area contributed by atoms with Crippen molar-refractivity contribution in [3.05, 3.63) is 54.4 Å². The molecule has 0 saturated carbocycles. The van der Waals surface area contributed by atoms with Crippen LogP contribution in [0, 0.1) is 6.92 Å². The van der Waals surface area contributed by atoms with Crippen molar-refractivity contribution < 1.29 is 9.52 Å². The summed E-state index contributed by atoms with van der Waals surface area (Å²) in [6.07, 6.45) is 3.01. The van der Waals surface area contributed by atoms with Crippen molar-refractivity contribution in [2.75, 3.05) is 5.32 Å². The Hall–Kier alpha value is -2.82. The zero-order chi connectivity index (χ0) is 13.9.